The number of dihydropyridines is 1. The lowest BCUT2D eigenvalue weighted by Crippen LogP contribution is -2.52. The minimum absolute atomic E-state index is 0.0497. The Morgan fingerprint density at radius 1 is 1.32 bits per heavy atom. The van der Waals surface area contributed by atoms with Crippen molar-refractivity contribution in [2.75, 3.05) is 0 Å². The van der Waals surface area contributed by atoms with Crippen LogP contribution in [0, 0.1) is 17.8 Å². The number of hydrogen-bond acceptors (Lipinski definition) is 4. The quantitative estimate of drug-likeness (QED) is 0.754. The van der Waals surface area contributed by atoms with E-state index in [1.165, 1.54) is 5.57 Å². The first-order valence-electron chi connectivity index (χ1n) is 8.30. The lowest BCUT2D eigenvalue weighted by Gasteiger charge is -2.48. The van der Waals surface area contributed by atoms with Crippen molar-refractivity contribution in [2.24, 2.45) is 27.7 Å². The summed E-state index contributed by atoms with van der Waals surface area (Å²) in [7, 11) is 0. The minimum atomic E-state index is -0.271. The third-order valence-electron chi connectivity index (χ3n) is 5.71. The third kappa shape index (κ3) is 2.00. The molecule has 1 N–H and O–H groups in total. The second-order valence-electron chi connectivity index (χ2n) is 7.58. The number of nitrogens with zero attached hydrogens (tertiary/aromatic N) is 2. The zero-order chi connectivity index (χ0) is 15.5. The Bertz CT molecular complexity index is 615. The average Bonchev–Trinajstić information content (AvgIpc) is 3.08. The Hall–Kier alpha value is -1.42. The van der Waals surface area contributed by atoms with Crippen molar-refractivity contribution in [1.29, 1.82) is 0 Å². The van der Waals surface area contributed by atoms with Gasteiger partial charge in [0.05, 0.1) is 17.6 Å². The van der Waals surface area contributed by atoms with E-state index in [0.29, 0.717) is 17.6 Å². The van der Waals surface area contributed by atoms with E-state index in [1.54, 1.807) is 6.21 Å². The molecule has 4 heteroatoms. The van der Waals surface area contributed by atoms with Crippen LogP contribution in [0.1, 0.15) is 40.0 Å². The molecule has 0 aromatic heterocycles. The van der Waals surface area contributed by atoms with Gasteiger partial charge in [-0.1, -0.05) is 11.6 Å². The van der Waals surface area contributed by atoms with Gasteiger partial charge in [0, 0.05) is 11.8 Å². The number of aliphatic imine (C=N–C) groups is 2. The van der Waals surface area contributed by atoms with Gasteiger partial charge in [0.25, 0.3) is 0 Å². The van der Waals surface area contributed by atoms with Crippen molar-refractivity contribution >= 4 is 12.4 Å². The van der Waals surface area contributed by atoms with Crippen molar-refractivity contribution in [2.45, 2.75) is 57.9 Å². The van der Waals surface area contributed by atoms with E-state index >= 15 is 0 Å². The fourth-order valence-electron chi connectivity index (χ4n) is 4.58. The van der Waals surface area contributed by atoms with Crippen LogP contribution >= 0.6 is 0 Å². The van der Waals surface area contributed by atoms with Gasteiger partial charge in [-0.15, -0.1) is 0 Å². The highest BCUT2D eigenvalue weighted by Crippen LogP contribution is 2.52. The predicted molar refractivity (Wildman–Crippen MR) is 87.5 cm³/mol. The molecule has 3 aliphatic heterocycles. The predicted octanol–water partition coefficient (Wildman–Crippen LogP) is 3.45. The number of fused-ring (bicyclic) bond motifs is 3. The SMILES string of the molecule is CC1=CC2C3C(O)=C(C4CCC=N4)C=NC3OC(C)(C)C2C1. The van der Waals surface area contributed by atoms with Crippen molar-refractivity contribution in [3.8, 4) is 0 Å². The highest BCUT2D eigenvalue weighted by molar-refractivity contribution is 5.83. The van der Waals surface area contributed by atoms with E-state index in [2.05, 4.69) is 36.8 Å². The Balaban J connectivity index is 1.73. The molecule has 5 atom stereocenters. The zero-order valence-electron chi connectivity index (χ0n) is 13.5. The van der Waals surface area contributed by atoms with Crippen LogP contribution in [0.3, 0.4) is 0 Å². The summed E-state index contributed by atoms with van der Waals surface area (Å²) >= 11 is 0. The van der Waals surface area contributed by atoms with Gasteiger partial charge in [-0.2, -0.15) is 0 Å². The van der Waals surface area contributed by atoms with Crippen molar-refractivity contribution < 1.29 is 9.84 Å². The smallest absolute Gasteiger partial charge is 0.159 e. The minimum Gasteiger partial charge on any atom is -0.511 e. The van der Waals surface area contributed by atoms with Gasteiger partial charge >= 0.3 is 0 Å². The van der Waals surface area contributed by atoms with Gasteiger partial charge < -0.3 is 9.84 Å². The maximum atomic E-state index is 10.9. The van der Waals surface area contributed by atoms with Gasteiger partial charge in [-0.25, -0.2) is 0 Å². The van der Waals surface area contributed by atoms with Gasteiger partial charge in [0.1, 0.15) is 5.76 Å². The molecule has 5 unspecified atom stereocenters. The summed E-state index contributed by atoms with van der Waals surface area (Å²) in [6.07, 6.45) is 8.82. The van der Waals surface area contributed by atoms with E-state index in [-0.39, 0.29) is 23.8 Å². The highest BCUT2D eigenvalue weighted by Gasteiger charge is 2.53. The first kappa shape index (κ1) is 14.2. The molecule has 118 valence electrons. The van der Waals surface area contributed by atoms with Crippen LogP contribution in [0.25, 0.3) is 0 Å². The summed E-state index contributed by atoms with van der Waals surface area (Å²) in [5.74, 6) is 1.14. The molecule has 0 saturated carbocycles. The first-order chi connectivity index (χ1) is 10.5. The summed E-state index contributed by atoms with van der Waals surface area (Å²) in [5, 5.41) is 10.9. The molecule has 1 aliphatic carbocycles. The van der Waals surface area contributed by atoms with E-state index in [4.69, 9.17) is 4.74 Å². The summed E-state index contributed by atoms with van der Waals surface area (Å²) in [5.41, 5.74) is 2.09. The monoisotopic (exact) mass is 300 g/mol. The normalized spacial score (nSPS) is 42.3. The molecule has 3 heterocycles. The Kier molecular flexibility index (Phi) is 3.09. The van der Waals surface area contributed by atoms with Crippen LogP contribution in [0.5, 0.6) is 0 Å². The first-order valence-corrected chi connectivity index (χ1v) is 8.30. The summed E-state index contributed by atoms with van der Waals surface area (Å²) in [6.45, 7) is 6.49. The third-order valence-corrected chi connectivity index (χ3v) is 5.71. The fourth-order valence-corrected chi connectivity index (χ4v) is 4.58. The molecule has 0 amide bonds. The van der Waals surface area contributed by atoms with Crippen molar-refractivity contribution in [3.63, 3.8) is 0 Å². The van der Waals surface area contributed by atoms with Gasteiger partial charge in [-0.05, 0) is 58.1 Å². The molecule has 4 nitrogen and oxygen atoms in total. The van der Waals surface area contributed by atoms with E-state index in [1.807, 2.05) is 6.21 Å². The maximum Gasteiger partial charge on any atom is 0.159 e. The van der Waals surface area contributed by atoms with Crippen LogP contribution in [0.2, 0.25) is 0 Å². The number of hydrogen-bond donors (Lipinski definition) is 1. The largest absolute Gasteiger partial charge is 0.511 e. The van der Waals surface area contributed by atoms with Crippen molar-refractivity contribution in [3.05, 3.63) is 23.0 Å². The number of allylic oxidation sites excluding steroid dienone is 2. The number of aliphatic hydroxyl groups is 1. The van der Waals surface area contributed by atoms with Gasteiger partial charge in [-0.3, -0.25) is 9.98 Å². The van der Waals surface area contributed by atoms with Crippen LogP contribution < -0.4 is 0 Å². The molecule has 4 rings (SSSR count). The van der Waals surface area contributed by atoms with Crippen molar-refractivity contribution in [1.82, 2.24) is 0 Å². The summed E-state index contributed by atoms with van der Waals surface area (Å²) < 4.78 is 6.26. The molecule has 0 spiro atoms. The Morgan fingerprint density at radius 3 is 2.86 bits per heavy atom. The highest BCUT2D eigenvalue weighted by atomic mass is 16.5. The Labute approximate surface area is 131 Å². The molecule has 0 aromatic rings. The van der Waals surface area contributed by atoms with E-state index in [0.717, 1.165) is 24.8 Å². The molecular weight excluding hydrogens is 276 g/mol. The van der Waals surface area contributed by atoms with Crippen LogP contribution in [0.4, 0.5) is 0 Å². The van der Waals surface area contributed by atoms with Crippen LogP contribution in [-0.4, -0.2) is 35.4 Å². The number of aliphatic hydroxyl groups excluding tert-OH is 1. The van der Waals surface area contributed by atoms with E-state index < -0.39 is 0 Å². The van der Waals surface area contributed by atoms with E-state index in [9.17, 15) is 5.11 Å². The second-order valence-corrected chi connectivity index (χ2v) is 7.58. The summed E-state index contributed by atoms with van der Waals surface area (Å²) in [6, 6.07) is 0.0737. The molecule has 0 aromatic carbocycles. The number of ether oxygens (including phenoxy) is 1. The molecule has 1 saturated heterocycles. The lowest BCUT2D eigenvalue weighted by molar-refractivity contribution is -0.176. The Morgan fingerprint density at radius 2 is 2.14 bits per heavy atom. The topological polar surface area (TPSA) is 54.2 Å². The number of rotatable bonds is 1. The van der Waals surface area contributed by atoms with Gasteiger partial charge in [0.15, 0.2) is 6.23 Å². The average molecular weight is 300 g/mol. The fraction of sp³-hybridized carbons (Fsp3) is 0.667. The summed E-state index contributed by atoms with van der Waals surface area (Å²) in [4.78, 5) is 9.13. The standard InChI is InChI=1S/C18H24N2O2/c1-10-7-11-13(8-10)18(2,3)22-17-15(11)16(21)12(9-20-17)14-5-4-6-19-14/h6-7,9,11,13-15,17,21H,4-5,8H2,1-3H3. The lowest BCUT2D eigenvalue weighted by atomic mass is 9.70. The second kappa shape index (κ2) is 4.79. The molecular formula is C18H24N2O2. The molecule has 22 heavy (non-hydrogen) atoms. The molecule has 1 fully saturated rings. The maximum absolute atomic E-state index is 10.9. The molecule has 0 radical (unpaired) electrons. The molecule has 4 aliphatic rings. The van der Waals surface area contributed by atoms with Crippen LogP contribution in [0.15, 0.2) is 33.0 Å². The molecule has 0 bridgehead atoms. The zero-order valence-corrected chi connectivity index (χ0v) is 13.5. The van der Waals surface area contributed by atoms with Gasteiger partial charge in [0.2, 0.25) is 0 Å². The van der Waals surface area contributed by atoms with Crippen LogP contribution in [-0.2, 0) is 4.74 Å².